The van der Waals surface area contributed by atoms with Gasteiger partial charge in [0.05, 0.1) is 0 Å². The highest BCUT2D eigenvalue weighted by molar-refractivity contribution is 6.30. The van der Waals surface area contributed by atoms with E-state index >= 15 is 0 Å². The number of nitrogens with zero attached hydrogens (tertiary/aromatic N) is 2. The Morgan fingerprint density at radius 3 is 2.27 bits per heavy atom. The third-order valence-electron chi connectivity index (χ3n) is 3.27. The van der Waals surface area contributed by atoms with Gasteiger partial charge in [-0.1, -0.05) is 23.7 Å². The fourth-order valence-corrected chi connectivity index (χ4v) is 2.00. The minimum absolute atomic E-state index is 0.00708. The summed E-state index contributed by atoms with van der Waals surface area (Å²) < 4.78 is 0. The predicted octanol–water partition coefficient (Wildman–Crippen LogP) is 1.76. The molecular formula is C16H24ClN3O2. The number of benzene rings is 1. The van der Waals surface area contributed by atoms with Crippen LogP contribution in [0.5, 0.6) is 0 Å². The lowest BCUT2D eigenvalue weighted by molar-refractivity contribution is -0.129. The fraction of sp³-hybridized carbons (Fsp3) is 0.500. The van der Waals surface area contributed by atoms with Gasteiger partial charge in [0.25, 0.3) is 0 Å². The van der Waals surface area contributed by atoms with Crippen molar-refractivity contribution in [2.75, 3.05) is 33.7 Å². The first-order valence-electron chi connectivity index (χ1n) is 7.30. The van der Waals surface area contributed by atoms with E-state index in [4.69, 9.17) is 11.6 Å². The molecule has 22 heavy (non-hydrogen) atoms. The third kappa shape index (κ3) is 7.43. The van der Waals surface area contributed by atoms with E-state index in [1.54, 1.807) is 17.0 Å². The lowest BCUT2D eigenvalue weighted by atomic mass is 10.2. The molecule has 1 aromatic rings. The predicted molar refractivity (Wildman–Crippen MR) is 88.7 cm³/mol. The van der Waals surface area contributed by atoms with Gasteiger partial charge < -0.3 is 15.1 Å². The van der Waals surface area contributed by atoms with Crippen LogP contribution in [0, 0.1) is 0 Å². The van der Waals surface area contributed by atoms with E-state index in [1.807, 2.05) is 31.1 Å². The van der Waals surface area contributed by atoms with E-state index in [1.165, 1.54) is 6.92 Å². The van der Waals surface area contributed by atoms with Gasteiger partial charge >= 0.3 is 0 Å². The molecule has 0 spiro atoms. The van der Waals surface area contributed by atoms with Crippen molar-refractivity contribution in [3.8, 4) is 0 Å². The van der Waals surface area contributed by atoms with Crippen molar-refractivity contribution in [2.45, 2.75) is 19.9 Å². The Morgan fingerprint density at radius 2 is 1.73 bits per heavy atom. The van der Waals surface area contributed by atoms with Crippen LogP contribution in [0.4, 0.5) is 0 Å². The Hall–Kier alpha value is -1.59. The molecule has 0 atom stereocenters. The Balaban J connectivity index is 2.33. The van der Waals surface area contributed by atoms with Gasteiger partial charge in [0, 0.05) is 44.5 Å². The molecule has 0 unspecified atom stereocenters. The summed E-state index contributed by atoms with van der Waals surface area (Å²) in [5.74, 6) is -0.0709. The second kappa shape index (κ2) is 9.43. The Bertz CT molecular complexity index is 489. The van der Waals surface area contributed by atoms with E-state index in [2.05, 4.69) is 5.32 Å². The van der Waals surface area contributed by atoms with Crippen LogP contribution < -0.4 is 5.32 Å². The summed E-state index contributed by atoms with van der Waals surface area (Å²) in [6, 6.07) is 7.34. The number of halogens is 1. The van der Waals surface area contributed by atoms with Crippen LogP contribution in [-0.2, 0) is 16.1 Å². The summed E-state index contributed by atoms with van der Waals surface area (Å²) in [6.07, 6.45) is 0.306. The van der Waals surface area contributed by atoms with Crippen molar-refractivity contribution in [2.24, 2.45) is 0 Å². The maximum atomic E-state index is 11.9. The molecule has 1 rings (SSSR count). The van der Waals surface area contributed by atoms with Gasteiger partial charge in [-0.15, -0.1) is 0 Å². The highest BCUT2D eigenvalue weighted by Gasteiger charge is 2.11. The Kier molecular flexibility index (Phi) is 7.91. The van der Waals surface area contributed by atoms with Gasteiger partial charge in [-0.3, -0.25) is 9.59 Å². The van der Waals surface area contributed by atoms with Gasteiger partial charge in [0.1, 0.15) is 0 Å². The molecule has 6 heteroatoms. The van der Waals surface area contributed by atoms with Crippen molar-refractivity contribution in [3.63, 3.8) is 0 Å². The van der Waals surface area contributed by atoms with E-state index in [0.717, 1.165) is 12.1 Å². The van der Waals surface area contributed by atoms with Crippen molar-refractivity contribution in [1.29, 1.82) is 0 Å². The zero-order valence-corrected chi connectivity index (χ0v) is 14.2. The average Bonchev–Trinajstić information content (AvgIpc) is 2.46. The lowest BCUT2D eigenvalue weighted by Crippen LogP contribution is -2.38. The molecule has 0 heterocycles. The first-order valence-corrected chi connectivity index (χ1v) is 7.67. The zero-order chi connectivity index (χ0) is 16.5. The Labute approximate surface area is 137 Å². The average molecular weight is 326 g/mol. The minimum Gasteiger partial charge on any atom is -0.352 e. The van der Waals surface area contributed by atoms with Gasteiger partial charge in [-0.05, 0) is 31.8 Å². The lowest BCUT2D eigenvalue weighted by Gasteiger charge is -2.22. The van der Waals surface area contributed by atoms with Crippen molar-refractivity contribution in [1.82, 2.24) is 15.1 Å². The van der Waals surface area contributed by atoms with Crippen LogP contribution in [0.25, 0.3) is 0 Å². The summed E-state index contributed by atoms with van der Waals surface area (Å²) in [6.45, 7) is 3.85. The smallest absolute Gasteiger partial charge is 0.222 e. The second-order valence-electron chi connectivity index (χ2n) is 5.46. The van der Waals surface area contributed by atoms with Crippen LogP contribution >= 0.6 is 11.6 Å². The number of hydrogen-bond acceptors (Lipinski definition) is 3. The number of hydrogen-bond donors (Lipinski definition) is 1. The molecular weight excluding hydrogens is 302 g/mol. The molecule has 0 fully saturated rings. The molecule has 0 saturated heterocycles. The first kappa shape index (κ1) is 18.5. The number of carbonyl (C=O) groups excluding carboxylic acids is 2. The SMILES string of the molecule is CC(=O)N(CCC(=O)NCc1ccc(Cl)cc1)CCN(C)C. The molecule has 1 aromatic carbocycles. The summed E-state index contributed by atoms with van der Waals surface area (Å²) in [5, 5.41) is 3.52. The molecule has 1 N–H and O–H groups in total. The molecule has 0 aromatic heterocycles. The minimum atomic E-state index is -0.0638. The van der Waals surface area contributed by atoms with Crippen molar-refractivity contribution < 1.29 is 9.59 Å². The maximum Gasteiger partial charge on any atom is 0.222 e. The van der Waals surface area contributed by atoms with E-state index in [0.29, 0.717) is 31.1 Å². The summed E-state index contributed by atoms with van der Waals surface area (Å²) in [7, 11) is 3.91. The number of nitrogens with one attached hydrogen (secondary N) is 1. The van der Waals surface area contributed by atoms with Gasteiger partial charge in [0.2, 0.25) is 11.8 Å². The maximum absolute atomic E-state index is 11.9. The summed E-state index contributed by atoms with van der Waals surface area (Å²) >= 11 is 5.81. The van der Waals surface area contributed by atoms with Gasteiger partial charge in [0.15, 0.2) is 0 Å². The molecule has 0 saturated carbocycles. The van der Waals surface area contributed by atoms with Gasteiger partial charge in [-0.25, -0.2) is 0 Å². The summed E-state index contributed by atoms with van der Waals surface area (Å²) in [5.41, 5.74) is 0.994. The highest BCUT2D eigenvalue weighted by Crippen LogP contribution is 2.09. The van der Waals surface area contributed by atoms with Crippen LogP contribution in [0.15, 0.2) is 24.3 Å². The molecule has 2 amide bonds. The number of likely N-dealkylation sites (N-methyl/N-ethyl adjacent to an activating group) is 1. The normalized spacial score (nSPS) is 10.6. The van der Waals surface area contributed by atoms with E-state index in [-0.39, 0.29) is 11.8 Å². The largest absolute Gasteiger partial charge is 0.352 e. The van der Waals surface area contributed by atoms with Crippen LogP contribution in [0.3, 0.4) is 0 Å². The van der Waals surface area contributed by atoms with Crippen LogP contribution in [0.1, 0.15) is 18.9 Å². The molecule has 5 nitrogen and oxygen atoms in total. The van der Waals surface area contributed by atoms with Crippen LogP contribution in [0.2, 0.25) is 5.02 Å². The van der Waals surface area contributed by atoms with Crippen molar-refractivity contribution >= 4 is 23.4 Å². The summed E-state index contributed by atoms with van der Waals surface area (Å²) in [4.78, 5) is 27.1. The molecule has 0 aliphatic heterocycles. The zero-order valence-electron chi connectivity index (χ0n) is 13.4. The molecule has 0 radical (unpaired) electrons. The second-order valence-corrected chi connectivity index (χ2v) is 5.90. The van der Waals surface area contributed by atoms with E-state index < -0.39 is 0 Å². The Morgan fingerprint density at radius 1 is 1.09 bits per heavy atom. The fourth-order valence-electron chi connectivity index (χ4n) is 1.88. The number of amides is 2. The molecule has 0 bridgehead atoms. The quantitative estimate of drug-likeness (QED) is 0.792. The monoisotopic (exact) mass is 325 g/mol. The van der Waals surface area contributed by atoms with E-state index in [9.17, 15) is 9.59 Å². The molecule has 122 valence electrons. The highest BCUT2D eigenvalue weighted by atomic mass is 35.5. The third-order valence-corrected chi connectivity index (χ3v) is 3.53. The first-order chi connectivity index (χ1) is 10.4. The van der Waals surface area contributed by atoms with Crippen molar-refractivity contribution in [3.05, 3.63) is 34.9 Å². The van der Waals surface area contributed by atoms with Gasteiger partial charge in [-0.2, -0.15) is 0 Å². The van der Waals surface area contributed by atoms with Crippen LogP contribution in [-0.4, -0.2) is 55.3 Å². The molecule has 0 aliphatic rings. The standard InChI is InChI=1S/C16H24ClN3O2/c1-13(21)20(11-10-19(2)3)9-8-16(22)18-12-14-4-6-15(17)7-5-14/h4-7H,8-12H2,1-3H3,(H,18,22). The topological polar surface area (TPSA) is 52.7 Å². The number of rotatable bonds is 8. The number of carbonyl (C=O) groups is 2. The molecule has 0 aliphatic carbocycles.